The summed E-state index contributed by atoms with van der Waals surface area (Å²) in [5.74, 6) is 0.0933. The van der Waals surface area contributed by atoms with Crippen LogP contribution in [0.1, 0.15) is 29.6 Å². The van der Waals surface area contributed by atoms with Gasteiger partial charge in [0.15, 0.2) is 5.82 Å². The number of rotatable bonds is 3. The molecule has 5 nitrogen and oxygen atoms in total. The fraction of sp³-hybridized carbons (Fsp3) is 0.357. The zero-order valence-electron chi connectivity index (χ0n) is 10.7. The van der Waals surface area contributed by atoms with E-state index in [2.05, 4.69) is 10.1 Å². The van der Waals surface area contributed by atoms with E-state index >= 15 is 0 Å². The summed E-state index contributed by atoms with van der Waals surface area (Å²) in [6.07, 6.45) is 0.811. The number of ether oxygens (including phenoxy) is 1. The smallest absolute Gasteiger partial charge is 0.239 e. The summed E-state index contributed by atoms with van der Waals surface area (Å²) in [5, 5.41) is 3.86. The Morgan fingerprint density at radius 1 is 1.30 bits per heavy atom. The van der Waals surface area contributed by atoms with Crippen LogP contribution in [-0.4, -0.2) is 29.1 Å². The van der Waals surface area contributed by atoms with E-state index in [1.54, 1.807) is 12.1 Å². The van der Waals surface area contributed by atoms with Crippen molar-refractivity contribution in [1.29, 1.82) is 0 Å². The van der Waals surface area contributed by atoms with Crippen molar-refractivity contribution in [3.05, 3.63) is 47.4 Å². The molecule has 1 saturated heterocycles. The number of hydrogen-bond donors (Lipinski definition) is 0. The summed E-state index contributed by atoms with van der Waals surface area (Å²) in [7, 11) is 0. The molecule has 2 heterocycles. The Balaban J connectivity index is 1.73. The van der Waals surface area contributed by atoms with Gasteiger partial charge < -0.3 is 9.26 Å². The van der Waals surface area contributed by atoms with Crippen molar-refractivity contribution < 1.29 is 18.4 Å². The first-order valence-electron chi connectivity index (χ1n) is 6.40. The minimum atomic E-state index is -0.460. The predicted molar refractivity (Wildman–Crippen MR) is 66.7 cm³/mol. The van der Waals surface area contributed by atoms with Gasteiger partial charge in [0, 0.05) is 12.8 Å². The van der Waals surface area contributed by atoms with E-state index in [0.29, 0.717) is 31.2 Å². The van der Waals surface area contributed by atoms with E-state index < -0.39 is 5.92 Å². The molecule has 0 amide bonds. The van der Waals surface area contributed by atoms with Crippen molar-refractivity contribution in [3.63, 3.8) is 0 Å². The van der Waals surface area contributed by atoms with Crippen LogP contribution in [0.15, 0.2) is 28.8 Å². The molecule has 0 bridgehead atoms. The maximum Gasteiger partial charge on any atom is 0.239 e. The molecule has 3 rings (SSSR count). The van der Waals surface area contributed by atoms with Crippen molar-refractivity contribution in [1.82, 2.24) is 10.1 Å². The van der Waals surface area contributed by atoms with E-state index in [9.17, 15) is 9.18 Å². The van der Waals surface area contributed by atoms with Gasteiger partial charge in [0.05, 0.1) is 13.2 Å². The average Bonchev–Trinajstić information content (AvgIpc) is 2.90. The second-order valence-corrected chi connectivity index (χ2v) is 4.70. The molecule has 0 N–H and O–H groups in total. The number of aromatic nitrogens is 2. The minimum Gasteiger partial charge on any atom is -0.380 e. The van der Waals surface area contributed by atoms with Crippen LogP contribution in [0, 0.1) is 5.82 Å². The van der Waals surface area contributed by atoms with Crippen molar-refractivity contribution in [2.75, 3.05) is 13.2 Å². The van der Waals surface area contributed by atoms with E-state index in [4.69, 9.17) is 9.26 Å². The fourth-order valence-corrected chi connectivity index (χ4v) is 2.12. The van der Waals surface area contributed by atoms with Gasteiger partial charge in [-0.2, -0.15) is 4.98 Å². The molecule has 1 aliphatic heterocycles. The molecular weight excluding hydrogens is 263 g/mol. The Kier molecular flexibility index (Phi) is 3.56. The molecule has 1 aromatic heterocycles. The second-order valence-electron chi connectivity index (χ2n) is 4.70. The van der Waals surface area contributed by atoms with Crippen LogP contribution in [0.25, 0.3) is 0 Å². The number of Topliss-reactive ketones (excluding diaryl/α,β-unsaturated/α-hetero) is 1. The van der Waals surface area contributed by atoms with Gasteiger partial charge in [-0.3, -0.25) is 4.79 Å². The van der Waals surface area contributed by atoms with Gasteiger partial charge in [-0.05, 0) is 17.7 Å². The molecule has 1 aliphatic rings. The molecule has 104 valence electrons. The van der Waals surface area contributed by atoms with Gasteiger partial charge in [0.2, 0.25) is 5.89 Å². The summed E-state index contributed by atoms with van der Waals surface area (Å²) in [5.41, 5.74) is 0.880. The topological polar surface area (TPSA) is 65.2 Å². The largest absolute Gasteiger partial charge is 0.380 e. The summed E-state index contributed by atoms with van der Waals surface area (Å²) in [6.45, 7) is 0.739. The average molecular weight is 276 g/mol. The number of benzene rings is 1. The molecule has 2 aromatic rings. The molecule has 20 heavy (non-hydrogen) atoms. The molecule has 1 atom stereocenters. The Morgan fingerprint density at radius 3 is 2.85 bits per heavy atom. The quantitative estimate of drug-likeness (QED) is 0.856. The second kappa shape index (κ2) is 5.50. The third-order valence-corrected chi connectivity index (χ3v) is 3.22. The lowest BCUT2D eigenvalue weighted by atomic mass is 10.0. The summed E-state index contributed by atoms with van der Waals surface area (Å²) >= 11 is 0. The summed E-state index contributed by atoms with van der Waals surface area (Å²) in [4.78, 5) is 16.0. The van der Waals surface area contributed by atoms with Crippen molar-refractivity contribution in [2.24, 2.45) is 0 Å². The molecule has 0 aliphatic carbocycles. The highest BCUT2D eigenvalue weighted by Crippen LogP contribution is 2.21. The van der Waals surface area contributed by atoms with Crippen molar-refractivity contribution >= 4 is 5.78 Å². The van der Waals surface area contributed by atoms with Crippen LogP contribution in [0.2, 0.25) is 0 Å². The Labute approximate surface area is 114 Å². The summed E-state index contributed by atoms with van der Waals surface area (Å²) in [6, 6.07) is 6.10. The van der Waals surface area contributed by atoms with Crippen molar-refractivity contribution in [3.8, 4) is 0 Å². The number of carbonyl (C=O) groups is 1. The minimum absolute atomic E-state index is 0.0632. The third kappa shape index (κ3) is 2.75. The van der Waals surface area contributed by atoms with Crippen molar-refractivity contribution in [2.45, 2.75) is 18.8 Å². The van der Waals surface area contributed by atoms with Crippen LogP contribution < -0.4 is 0 Å². The number of nitrogens with zero attached hydrogens (tertiary/aromatic N) is 2. The lowest BCUT2D eigenvalue weighted by molar-refractivity contribution is -0.127. The van der Waals surface area contributed by atoms with Gasteiger partial charge in [-0.15, -0.1) is 0 Å². The highest BCUT2D eigenvalue weighted by molar-refractivity contribution is 5.85. The highest BCUT2D eigenvalue weighted by atomic mass is 19.1. The zero-order valence-corrected chi connectivity index (χ0v) is 10.7. The van der Waals surface area contributed by atoms with Gasteiger partial charge >= 0.3 is 0 Å². The number of hydrogen-bond acceptors (Lipinski definition) is 5. The number of carbonyl (C=O) groups excluding carboxylic acids is 1. The standard InChI is InChI=1S/C14H13FN2O3/c15-10-3-1-9(2-4-10)7-13-16-14(20-17-13)11-8-19-6-5-12(11)18/h1-4,11H,5-8H2. The Morgan fingerprint density at radius 2 is 2.10 bits per heavy atom. The lowest BCUT2D eigenvalue weighted by Crippen LogP contribution is -2.25. The molecule has 1 unspecified atom stereocenters. The van der Waals surface area contributed by atoms with Gasteiger partial charge in [0.25, 0.3) is 0 Å². The monoisotopic (exact) mass is 276 g/mol. The van der Waals surface area contributed by atoms with Gasteiger partial charge in [-0.1, -0.05) is 17.3 Å². The number of ketones is 1. The van der Waals surface area contributed by atoms with Crippen LogP contribution in [-0.2, 0) is 16.0 Å². The van der Waals surface area contributed by atoms with Crippen LogP contribution in [0.4, 0.5) is 4.39 Å². The molecule has 6 heteroatoms. The van der Waals surface area contributed by atoms with Gasteiger partial charge in [0.1, 0.15) is 17.5 Å². The molecule has 1 fully saturated rings. The molecule has 0 spiro atoms. The van der Waals surface area contributed by atoms with Crippen LogP contribution in [0.3, 0.4) is 0 Å². The number of halogens is 1. The normalized spacial score (nSPS) is 19.2. The van der Waals surface area contributed by atoms with Gasteiger partial charge in [-0.25, -0.2) is 4.39 Å². The first-order chi connectivity index (χ1) is 9.72. The Bertz CT molecular complexity index is 609. The van der Waals surface area contributed by atoms with E-state index in [-0.39, 0.29) is 18.2 Å². The van der Waals surface area contributed by atoms with Crippen LogP contribution in [0.5, 0.6) is 0 Å². The highest BCUT2D eigenvalue weighted by Gasteiger charge is 2.29. The fourth-order valence-electron chi connectivity index (χ4n) is 2.12. The van der Waals surface area contributed by atoms with E-state index in [0.717, 1.165) is 5.56 Å². The molecule has 1 aromatic carbocycles. The first-order valence-corrected chi connectivity index (χ1v) is 6.40. The van der Waals surface area contributed by atoms with E-state index in [1.807, 2.05) is 0 Å². The Hall–Kier alpha value is -2.08. The zero-order chi connectivity index (χ0) is 13.9. The molecular formula is C14H13FN2O3. The third-order valence-electron chi connectivity index (χ3n) is 3.22. The maximum absolute atomic E-state index is 12.8. The maximum atomic E-state index is 12.8. The SMILES string of the molecule is O=C1CCOCC1c1nc(Cc2ccc(F)cc2)no1. The van der Waals surface area contributed by atoms with Crippen LogP contribution >= 0.6 is 0 Å². The summed E-state index contributed by atoms with van der Waals surface area (Å²) < 4.78 is 23.2. The lowest BCUT2D eigenvalue weighted by Gasteiger charge is -2.17. The molecule has 0 saturated carbocycles. The predicted octanol–water partition coefficient (Wildman–Crippen LogP) is 1.87. The first kappa shape index (κ1) is 12.9. The molecule has 0 radical (unpaired) electrons. The van der Waals surface area contributed by atoms with E-state index in [1.165, 1.54) is 12.1 Å².